The molecule has 1 spiro atoms. The van der Waals surface area contributed by atoms with Crippen LogP contribution in [0.2, 0.25) is 0 Å². The predicted molar refractivity (Wildman–Crippen MR) is 206 cm³/mol. The van der Waals surface area contributed by atoms with Crippen LogP contribution in [0.3, 0.4) is 0 Å². The van der Waals surface area contributed by atoms with Crippen molar-refractivity contribution in [3.8, 4) is 22.6 Å². The minimum atomic E-state index is 0.0000913. The van der Waals surface area contributed by atoms with Crippen molar-refractivity contribution in [3.05, 3.63) is 138 Å². The van der Waals surface area contributed by atoms with Crippen LogP contribution in [0.1, 0.15) is 94.9 Å². The SMILES string of the molecule is CC1(C)CCC(C)(C)c2cc(N(c3ccc4c(c3)C3(c5ccccc5O4)C4CC5CC(C4)CC3C5)c3ccccc3-c3ccccc3)ccc21. The van der Waals surface area contributed by atoms with E-state index in [0.717, 1.165) is 23.3 Å². The lowest BCUT2D eigenvalue weighted by Crippen LogP contribution is -2.57. The zero-order valence-corrected chi connectivity index (χ0v) is 30.1. The van der Waals surface area contributed by atoms with Crippen LogP contribution in [0.15, 0.2) is 115 Å². The summed E-state index contributed by atoms with van der Waals surface area (Å²) in [5.74, 6) is 5.24. The first kappa shape index (κ1) is 30.5. The fourth-order valence-electron chi connectivity index (χ4n) is 11.7. The average Bonchev–Trinajstić information content (AvgIpc) is 3.12. The zero-order chi connectivity index (χ0) is 33.8. The van der Waals surface area contributed by atoms with Crippen LogP contribution in [0.4, 0.5) is 17.1 Å². The molecule has 1 heterocycles. The number of ether oxygens (including phenoxy) is 1. The molecule has 252 valence electrons. The molecule has 0 aromatic heterocycles. The van der Waals surface area contributed by atoms with Gasteiger partial charge in [0.05, 0.1) is 5.69 Å². The summed E-state index contributed by atoms with van der Waals surface area (Å²) in [7, 11) is 0. The number of hydrogen-bond donors (Lipinski definition) is 0. The Labute approximate surface area is 298 Å². The summed E-state index contributed by atoms with van der Waals surface area (Å²) in [5, 5.41) is 0. The monoisotopic (exact) mass is 655 g/mol. The third kappa shape index (κ3) is 4.39. The second kappa shape index (κ2) is 10.8. The van der Waals surface area contributed by atoms with Gasteiger partial charge < -0.3 is 9.64 Å². The Morgan fingerprint density at radius 1 is 0.520 bits per heavy atom. The lowest BCUT2D eigenvalue weighted by molar-refractivity contribution is -0.0452. The molecule has 0 amide bonds. The summed E-state index contributed by atoms with van der Waals surface area (Å²) < 4.78 is 6.85. The van der Waals surface area contributed by atoms with Crippen LogP contribution < -0.4 is 9.64 Å². The lowest BCUT2D eigenvalue weighted by atomic mass is 9.42. The van der Waals surface area contributed by atoms with E-state index in [-0.39, 0.29) is 16.2 Å². The van der Waals surface area contributed by atoms with Gasteiger partial charge in [0.25, 0.3) is 0 Å². The molecule has 0 radical (unpaired) electrons. The molecular weight excluding hydrogens is 607 g/mol. The van der Waals surface area contributed by atoms with E-state index in [2.05, 4.69) is 148 Å². The van der Waals surface area contributed by atoms with Gasteiger partial charge in [-0.2, -0.15) is 0 Å². The Morgan fingerprint density at radius 2 is 1.10 bits per heavy atom. The normalized spacial score (nSPS) is 27.6. The molecule has 4 saturated carbocycles. The van der Waals surface area contributed by atoms with Crippen molar-refractivity contribution in [2.24, 2.45) is 23.7 Å². The molecule has 5 aromatic rings. The van der Waals surface area contributed by atoms with Gasteiger partial charge in [-0.1, -0.05) is 100 Å². The van der Waals surface area contributed by atoms with Crippen molar-refractivity contribution in [3.63, 3.8) is 0 Å². The van der Waals surface area contributed by atoms with Gasteiger partial charge in [-0.15, -0.1) is 0 Å². The first-order valence-corrected chi connectivity index (χ1v) is 19.2. The van der Waals surface area contributed by atoms with E-state index in [1.54, 1.807) is 0 Å². The molecule has 0 unspecified atom stereocenters. The summed E-state index contributed by atoms with van der Waals surface area (Å²) in [6.45, 7) is 9.73. The highest BCUT2D eigenvalue weighted by atomic mass is 16.5. The Bertz CT molecular complexity index is 2090. The highest BCUT2D eigenvalue weighted by molar-refractivity contribution is 5.89. The quantitative estimate of drug-likeness (QED) is 0.191. The maximum absolute atomic E-state index is 6.85. The van der Waals surface area contributed by atoms with Crippen LogP contribution in [0, 0.1) is 23.7 Å². The Balaban J connectivity index is 1.21. The second-order valence-electron chi connectivity index (χ2n) is 17.7. The van der Waals surface area contributed by atoms with Crippen molar-refractivity contribution in [2.75, 3.05) is 4.90 Å². The predicted octanol–water partition coefficient (Wildman–Crippen LogP) is 13.0. The summed E-state index contributed by atoms with van der Waals surface area (Å²) in [6.07, 6.45) is 9.25. The van der Waals surface area contributed by atoms with E-state index in [1.807, 2.05) is 0 Å². The first-order valence-electron chi connectivity index (χ1n) is 19.2. The van der Waals surface area contributed by atoms with Gasteiger partial charge in [-0.3, -0.25) is 0 Å². The Kier molecular flexibility index (Phi) is 6.62. The number of nitrogens with zero attached hydrogens (tertiary/aromatic N) is 1. The van der Waals surface area contributed by atoms with E-state index in [4.69, 9.17) is 4.74 Å². The smallest absolute Gasteiger partial charge is 0.131 e. The second-order valence-corrected chi connectivity index (χ2v) is 17.7. The van der Waals surface area contributed by atoms with Crippen molar-refractivity contribution >= 4 is 17.1 Å². The van der Waals surface area contributed by atoms with E-state index in [1.165, 1.54) is 95.4 Å². The standard InChI is InChI=1S/C48H49NO/c1-46(2)22-23-47(3,4)41-29-36(18-20-39(41)46)49(43-16-10-8-14-38(43)33-12-6-5-7-13-33)37-19-21-45-42(30-37)48(40-15-9-11-17-44(40)50-45)34-25-31-24-32(27-34)28-35(48)26-31/h5-21,29-32,34-35H,22-28H2,1-4H3. The third-order valence-electron chi connectivity index (χ3n) is 14.0. The number of fused-ring (bicyclic) bond motifs is 3. The molecular formula is C48H49NO. The molecule has 11 rings (SSSR count). The molecule has 5 aromatic carbocycles. The van der Waals surface area contributed by atoms with Gasteiger partial charge in [-0.25, -0.2) is 0 Å². The van der Waals surface area contributed by atoms with Crippen LogP contribution >= 0.6 is 0 Å². The number of hydrogen-bond acceptors (Lipinski definition) is 2. The fourth-order valence-corrected chi connectivity index (χ4v) is 11.7. The molecule has 1 aliphatic heterocycles. The van der Waals surface area contributed by atoms with Crippen molar-refractivity contribution in [2.45, 2.75) is 88.9 Å². The molecule has 50 heavy (non-hydrogen) atoms. The number of para-hydroxylation sites is 2. The number of benzene rings is 5. The van der Waals surface area contributed by atoms with Crippen molar-refractivity contribution < 1.29 is 4.74 Å². The van der Waals surface area contributed by atoms with E-state index >= 15 is 0 Å². The molecule has 2 heteroatoms. The topological polar surface area (TPSA) is 12.5 Å². The first-order chi connectivity index (χ1) is 24.2. The van der Waals surface area contributed by atoms with Crippen LogP contribution in [-0.2, 0) is 16.2 Å². The maximum atomic E-state index is 6.85. The third-order valence-corrected chi connectivity index (χ3v) is 14.0. The maximum Gasteiger partial charge on any atom is 0.131 e. The van der Waals surface area contributed by atoms with Crippen LogP contribution in [-0.4, -0.2) is 0 Å². The summed E-state index contributed by atoms with van der Waals surface area (Å²) in [4.78, 5) is 2.56. The fraction of sp³-hybridized carbons (Fsp3) is 0.375. The zero-order valence-electron chi connectivity index (χ0n) is 30.1. The molecule has 4 bridgehead atoms. The Morgan fingerprint density at radius 3 is 1.84 bits per heavy atom. The van der Waals surface area contributed by atoms with Gasteiger partial charge in [0, 0.05) is 33.5 Å². The van der Waals surface area contributed by atoms with Gasteiger partial charge in [0.15, 0.2) is 0 Å². The summed E-state index contributed by atoms with van der Waals surface area (Å²) >= 11 is 0. The largest absolute Gasteiger partial charge is 0.457 e. The molecule has 0 atom stereocenters. The van der Waals surface area contributed by atoms with Crippen LogP contribution in [0.5, 0.6) is 11.5 Å². The van der Waals surface area contributed by atoms with Gasteiger partial charge >= 0.3 is 0 Å². The van der Waals surface area contributed by atoms with Gasteiger partial charge in [-0.05, 0) is 139 Å². The summed E-state index contributed by atoms with van der Waals surface area (Å²) in [5.41, 5.74) is 12.3. The molecule has 0 saturated heterocycles. The molecule has 4 fully saturated rings. The highest BCUT2D eigenvalue weighted by Crippen LogP contribution is 2.69. The molecule has 0 N–H and O–H groups in total. The van der Waals surface area contributed by atoms with Crippen molar-refractivity contribution in [1.29, 1.82) is 0 Å². The Hall–Kier alpha value is -4.30. The minimum Gasteiger partial charge on any atom is -0.457 e. The van der Waals surface area contributed by atoms with Crippen molar-refractivity contribution in [1.82, 2.24) is 0 Å². The average molecular weight is 656 g/mol. The highest BCUT2D eigenvalue weighted by Gasteiger charge is 2.61. The van der Waals surface area contributed by atoms with Gasteiger partial charge in [0.2, 0.25) is 0 Å². The van der Waals surface area contributed by atoms with Gasteiger partial charge in [0.1, 0.15) is 11.5 Å². The van der Waals surface area contributed by atoms with E-state index < -0.39 is 0 Å². The molecule has 5 aliphatic carbocycles. The molecule has 6 aliphatic rings. The summed E-state index contributed by atoms with van der Waals surface area (Å²) in [6, 6.07) is 43.5. The number of rotatable bonds is 4. The number of anilines is 3. The van der Waals surface area contributed by atoms with Crippen LogP contribution in [0.25, 0.3) is 11.1 Å². The molecule has 2 nitrogen and oxygen atoms in total. The van der Waals surface area contributed by atoms with E-state index in [9.17, 15) is 0 Å². The van der Waals surface area contributed by atoms with E-state index in [0.29, 0.717) is 11.8 Å². The minimum absolute atomic E-state index is 0.0000913. The lowest BCUT2D eigenvalue weighted by Gasteiger charge is -2.63.